The first-order valence-electron chi connectivity index (χ1n) is 1.29. The smallest absolute Gasteiger partial charge is 0.447 e. The van der Waals surface area contributed by atoms with E-state index in [0.717, 1.165) is 0 Å². The van der Waals surface area contributed by atoms with Gasteiger partial charge in [0, 0.05) is 0 Å². The van der Waals surface area contributed by atoms with Gasteiger partial charge < -0.3 is 5.11 Å². The van der Waals surface area contributed by atoms with E-state index in [2.05, 4.69) is 16.2 Å². The molecule has 0 bridgehead atoms. The Hall–Kier alpha value is -1.37. The van der Waals surface area contributed by atoms with Gasteiger partial charge in [-0.25, -0.2) is 9.68 Å². The van der Waals surface area contributed by atoms with Gasteiger partial charge in [-0.15, -0.1) is 0 Å². The number of carboxylic acid groups (broad SMARTS) is 1. The second-order valence-corrected chi connectivity index (χ2v) is 0.550. The summed E-state index contributed by atoms with van der Waals surface area (Å²) in [6, 6.07) is 0. The SMILES string of the molecule is C#COOC(=O)O. The van der Waals surface area contributed by atoms with Gasteiger partial charge in [0.05, 0.1) is 0 Å². The Balaban J connectivity index is 3.02. The van der Waals surface area contributed by atoms with Crippen LogP contribution in [0.2, 0.25) is 0 Å². The minimum absolute atomic E-state index is 1.50. The van der Waals surface area contributed by atoms with Crippen molar-refractivity contribution in [3.63, 3.8) is 0 Å². The van der Waals surface area contributed by atoms with E-state index in [4.69, 9.17) is 5.11 Å². The molecule has 0 rings (SSSR count). The Morgan fingerprint density at radius 1 is 1.86 bits per heavy atom. The Morgan fingerprint density at radius 2 is 2.43 bits per heavy atom. The molecule has 0 saturated carbocycles. The third kappa shape index (κ3) is 4.63. The predicted molar refractivity (Wildman–Crippen MR) is 19.0 cm³/mol. The maximum absolute atomic E-state index is 9.32. The normalized spacial score (nSPS) is 6.14. The molecule has 1 N–H and O–H groups in total. The lowest BCUT2D eigenvalue weighted by molar-refractivity contribution is -0.189. The summed E-state index contributed by atoms with van der Waals surface area (Å²) in [5, 5.41) is 7.60. The van der Waals surface area contributed by atoms with Crippen molar-refractivity contribution in [3.8, 4) is 12.5 Å². The minimum atomic E-state index is -1.56. The molecule has 0 aliphatic heterocycles. The lowest BCUT2D eigenvalue weighted by Gasteiger charge is -1.85. The van der Waals surface area contributed by atoms with Gasteiger partial charge in [0.1, 0.15) is 0 Å². The highest BCUT2D eigenvalue weighted by Gasteiger charge is 1.91. The molecule has 0 aromatic rings. The van der Waals surface area contributed by atoms with Crippen molar-refractivity contribution in [1.29, 1.82) is 0 Å². The van der Waals surface area contributed by atoms with Crippen LogP contribution in [0, 0.1) is 12.5 Å². The standard InChI is InChI=1S/C3H2O4/c1-2-6-7-3(4)5/h1H,(H,4,5). The zero-order valence-electron chi connectivity index (χ0n) is 3.25. The Bertz CT molecular complexity index is 100.0. The molecule has 0 amide bonds. The summed E-state index contributed by atoms with van der Waals surface area (Å²) in [5.41, 5.74) is 0. The van der Waals surface area contributed by atoms with Crippen molar-refractivity contribution in [1.82, 2.24) is 0 Å². The zero-order valence-corrected chi connectivity index (χ0v) is 3.25. The summed E-state index contributed by atoms with van der Waals surface area (Å²) in [5.74, 6) is 0. The summed E-state index contributed by atoms with van der Waals surface area (Å²) < 4.78 is 0. The molecular formula is C3H2O4. The highest BCUT2D eigenvalue weighted by atomic mass is 17.2. The molecule has 0 saturated heterocycles. The minimum Gasteiger partial charge on any atom is -0.447 e. The van der Waals surface area contributed by atoms with E-state index in [-0.39, 0.29) is 0 Å². The van der Waals surface area contributed by atoms with Crippen LogP contribution in [0.5, 0.6) is 0 Å². The van der Waals surface area contributed by atoms with Crippen LogP contribution in [-0.4, -0.2) is 11.3 Å². The quantitative estimate of drug-likeness (QED) is 0.292. The van der Waals surface area contributed by atoms with Crippen LogP contribution in [0.25, 0.3) is 0 Å². The van der Waals surface area contributed by atoms with Gasteiger partial charge in [-0.2, -0.15) is 4.89 Å². The summed E-state index contributed by atoms with van der Waals surface area (Å²) in [4.78, 5) is 16.2. The molecule has 0 unspecified atom stereocenters. The monoisotopic (exact) mass is 102 g/mol. The molecule has 0 atom stereocenters. The first kappa shape index (κ1) is 5.63. The molecule has 0 heterocycles. The number of hydrogen-bond acceptors (Lipinski definition) is 3. The fourth-order valence-electron chi connectivity index (χ4n) is 0.0597. The van der Waals surface area contributed by atoms with Crippen LogP contribution in [0.15, 0.2) is 0 Å². The third-order valence-electron chi connectivity index (χ3n) is 0.161. The molecule has 0 fully saturated rings. The molecular weight excluding hydrogens is 100 g/mol. The maximum Gasteiger partial charge on any atom is 0.547 e. The van der Waals surface area contributed by atoms with Crippen LogP contribution in [0.1, 0.15) is 0 Å². The molecule has 0 aromatic heterocycles. The molecule has 7 heavy (non-hydrogen) atoms. The third-order valence-corrected chi connectivity index (χ3v) is 0.161. The fraction of sp³-hybridized carbons (Fsp3) is 0. The van der Waals surface area contributed by atoms with E-state index in [0.29, 0.717) is 0 Å². The lowest BCUT2D eigenvalue weighted by atomic mass is 11.3. The summed E-state index contributed by atoms with van der Waals surface area (Å²) in [6.07, 6.45) is 4.35. The van der Waals surface area contributed by atoms with Crippen LogP contribution in [-0.2, 0) is 9.78 Å². The number of terminal acetylenes is 1. The fourth-order valence-corrected chi connectivity index (χ4v) is 0.0597. The summed E-state index contributed by atoms with van der Waals surface area (Å²) in [7, 11) is 0. The number of hydrogen-bond donors (Lipinski definition) is 1. The highest BCUT2D eigenvalue weighted by Crippen LogP contribution is 1.73. The second-order valence-electron chi connectivity index (χ2n) is 0.550. The Kier molecular flexibility index (Phi) is 2.29. The van der Waals surface area contributed by atoms with Crippen molar-refractivity contribution in [2.24, 2.45) is 0 Å². The number of carbonyl (C=O) groups is 1. The lowest BCUT2D eigenvalue weighted by Crippen LogP contribution is -1.96. The van der Waals surface area contributed by atoms with Crippen molar-refractivity contribution in [2.45, 2.75) is 0 Å². The summed E-state index contributed by atoms with van der Waals surface area (Å²) in [6.45, 7) is 0. The Labute approximate surface area is 39.6 Å². The van der Waals surface area contributed by atoms with Gasteiger partial charge in [0.25, 0.3) is 0 Å². The molecule has 4 heteroatoms. The van der Waals surface area contributed by atoms with E-state index < -0.39 is 6.16 Å². The second kappa shape index (κ2) is 2.85. The van der Waals surface area contributed by atoms with Crippen LogP contribution < -0.4 is 0 Å². The van der Waals surface area contributed by atoms with Gasteiger partial charge in [-0.05, 0) is 0 Å². The maximum atomic E-state index is 9.32. The predicted octanol–water partition coefficient (Wildman–Crippen LogP) is 0.203. The van der Waals surface area contributed by atoms with Gasteiger partial charge in [-0.1, -0.05) is 6.42 Å². The molecule has 4 nitrogen and oxygen atoms in total. The number of rotatable bonds is 1. The van der Waals surface area contributed by atoms with E-state index >= 15 is 0 Å². The average Bonchev–Trinajstić information content (AvgIpc) is 1.61. The van der Waals surface area contributed by atoms with Crippen LogP contribution in [0.3, 0.4) is 0 Å². The van der Waals surface area contributed by atoms with Crippen LogP contribution >= 0.6 is 0 Å². The van der Waals surface area contributed by atoms with Crippen molar-refractivity contribution in [2.75, 3.05) is 0 Å². The topological polar surface area (TPSA) is 55.8 Å². The molecule has 0 spiro atoms. The highest BCUT2D eigenvalue weighted by molar-refractivity contribution is 5.55. The molecule has 0 aromatic carbocycles. The zero-order chi connectivity index (χ0) is 5.70. The molecule has 0 aliphatic rings. The van der Waals surface area contributed by atoms with Crippen molar-refractivity contribution >= 4 is 6.16 Å². The van der Waals surface area contributed by atoms with Crippen LogP contribution in [0.4, 0.5) is 4.79 Å². The van der Waals surface area contributed by atoms with E-state index in [9.17, 15) is 4.79 Å². The largest absolute Gasteiger partial charge is 0.547 e. The van der Waals surface area contributed by atoms with Gasteiger partial charge >= 0.3 is 6.16 Å². The van der Waals surface area contributed by atoms with E-state index in [1.54, 1.807) is 0 Å². The van der Waals surface area contributed by atoms with Gasteiger partial charge in [0.15, 0.2) is 6.11 Å². The molecule has 0 aliphatic carbocycles. The first-order valence-corrected chi connectivity index (χ1v) is 1.29. The molecule has 38 valence electrons. The summed E-state index contributed by atoms with van der Waals surface area (Å²) >= 11 is 0. The average molecular weight is 102 g/mol. The van der Waals surface area contributed by atoms with E-state index in [1.807, 2.05) is 0 Å². The van der Waals surface area contributed by atoms with Crippen molar-refractivity contribution in [3.05, 3.63) is 0 Å². The van der Waals surface area contributed by atoms with Gasteiger partial charge in [0.2, 0.25) is 0 Å². The van der Waals surface area contributed by atoms with Crippen molar-refractivity contribution < 1.29 is 19.7 Å². The van der Waals surface area contributed by atoms with E-state index in [1.165, 1.54) is 6.11 Å². The van der Waals surface area contributed by atoms with Gasteiger partial charge in [-0.3, -0.25) is 0 Å². The molecule has 0 radical (unpaired) electrons. The Morgan fingerprint density at radius 3 is 2.57 bits per heavy atom. The first-order chi connectivity index (χ1) is 3.27.